The minimum atomic E-state index is -0.731. The quantitative estimate of drug-likeness (QED) is 0.817. The summed E-state index contributed by atoms with van der Waals surface area (Å²) < 4.78 is 16.7. The Morgan fingerprint density at radius 3 is 2.94 bits per heavy atom. The van der Waals surface area contributed by atoms with Crippen molar-refractivity contribution < 1.29 is 8.63 Å². The topological polar surface area (TPSA) is 42.2 Å². The molecule has 1 heterocycles. The van der Waals surface area contributed by atoms with Gasteiger partial charge in [0.25, 0.3) is 0 Å². The third-order valence-electron chi connectivity index (χ3n) is 3.17. The number of benzene rings is 1. The van der Waals surface area contributed by atoms with E-state index in [2.05, 4.69) is 11.4 Å². The second-order valence-electron chi connectivity index (χ2n) is 4.53. The fourth-order valence-corrected chi connectivity index (χ4v) is 2.31. The highest BCUT2D eigenvalue weighted by atomic mass is 32.2. The van der Waals surface area contributed by atoms with Gasteiger partial charge < -0.3 is 9.73 Å². The zero-order valence-corrected chi connectivity index (χ0v) is 11.6. The van der Waals surface area contributed by atoms with Crippen molar-refractivity contribution in [2.24, 2.45) is 0 Å². The zero-order valence-electron chi connectivity index (χ0n) is 10.8. The fourth-order valence-electron chi connectivity index (χ4n) is 1.86. The van der Waals surface area contributed by atoms with Gasteiger partial charge in [-0.2, -0.15) is 0 Å². The number of rotatable bonds is 6. The van der Waals surface area contributed by atoms with Gasteiger partial charge in [0.2, 0.25) is 0 Å². The van der Waals surface area contributed by atoms with E-state index in [0.29, 0.717) is 0 Å². The Hall–Kier alpha value is -1.13. The first kappa shape index (κ1) is 13.3. The second-order valence-corrected chi connectivity index (χ2v) is 6.33. The van der Waals surface area contributed by atoms with Gasteiger partial charge in [0.1, 0.15) is 5.58 Å². The molecule has 98 valence electrons. The minimum Gasteiger partial charge on any atom is -0.464 e. The van der Waals surface area contributed by atoms with Gasteiger partial charge in [0.05, 0.1) is 6.26 Å². The molecule has 0 aliphatic rings. The summed E-state index contributed by atoms with van der Waals surface area (Å²) in [6.45, 7) is 3.69. The van der Waals surface area contributed by atoms with E-state index in [1.54, 1.807) is 12.5 Å². The lowest BCUT2D eigenvalue weighted by molar-refractivity contribution is 0.595. The monoisotopic (exact) mass is 265 g/mol. The fraction of sp³-hybridized carbons (Fsp3) is 0.429. The van der Waals surface area contributed by atoms with E-state index in [-0.39, 0.29) is 5.25 Å². The minimum absolute atomic E-state index is 0.249. The first-order valence-electron chi connectivity index (χ1n) is 6.16. The molecule has 0 aliphatic carbocycles. The number of para-hydroxylation sites is 1. The molecule has 3 nitrogen and oxygen atoms in total. The maximum atomic E-state index is 11.2. The molecule has 0 bridgehead atoms. The smallest absolute Gasteiger partial charge is 0.134 e. The standard InChI is InChI=1S/C14H19NO2S/c1-11(18(2)16)7-8-15-9-12-10-17-14-6-4-3-5-13(12)14/h3-6,10-11,15H,7-9H2,1-2H3. The van der Waals surface area contributed by atoms with Crippen molar-refractivity contribution in [3.05, 3.63) is 36.1 Å². The Balaban J connectivity index is 1.85. The third kappa shape index (κ3) is 3.21. The lowest BCUT2D eigenvalue weighted by Crippen LogP contribution is -2.20. The summed E-state index contributed by atoms with van der Waals surface area (Å²) in [5, 5.41) is 4.78. The van der Waals surface area contributed by atoms with Crippen molar-refractivity contribution in [2.45, 2.75) is 25.1 Å². The summed E-state index contributed by atoms with van der Waals surface area (Å²) in [5.41, 5.74) is 2.10. The molecule has 0 aliphatic heterocycles. The number of fused-ring (bicyclic) bond motifs is 1. The summed E-state index contributed by atoms with van der Waals surface area (Å²) >= 11 is 0. The molecule has 0 spiro atoms. The van der Waals surface area contributed by atoms with E-state index >= 15 is 0 Å². The molecule has 0 fully saturated rings. The van der Waals surface area contributed by atoms with Gasteiger partial charge >= 0.3 is 0 Å². The molecule has 2 unspecified atom stereocenters. The molecular weight excluding hydrogens is 246 g/mol. The Kier molecular flexibility index (Phi) is 4.55. The van der Waals surface area contributed by atoms with Crippen molar-refractivity contribution in [1.29, 1.82) is 0 Å². The Morgan fingerprint density at radius 2 is 2.17 bits per heavy atom. The summed E-state index contributed by atoms with van der Waals surface area (Å²) in [6.07, 6.45) is 4.49. The largest absolute Gasteiger partial charge is 0.464 e. The summed E-state index contributed by atoms with van der Waals surface area (Å²) in [6, 6.07) is 8.03. The summed E-state index contributed by atoms with van der Waals surface area (Å²) in [4.78, 5) is 0. The number of hydrogen-bond acceptors (Lipinski definition) is 3. The Morgan fingerprint density at radius 1 is 1.39 bits per heavy atom. The van der Waals surface area contributed by atoms with Crippen LogP contribution in [0, 0.1) is 0 Å². The summed E-state index contributed by atoms with van der Waals surface area (Å²) in [5.74, 6) is 0. The maximum absolute atomic E-state index is 11.2. The molecule has 0 saturated carbocycles. The predicted molar refractivity (Wildman–Crippen MR) is 76.1 cm³/mol. The molecule has 0 saturated heterocycles. The van der Waals surface area contributed by atoms with Crippen molar-refractivity contribution >= 4 is 21.8 Å². The van der Waals surface area contributed by atoms with Crippen molar-refractivity contribution in [1.82, 2.24) is 5.32 Å². The van der Waals surface area contributed by atoms with Crippen LogP contribution in [0.2, 0.25) is 0 Å². The molecule has 1 aromatic heterocycles. The van der Waals surface area contributed by atoms with Crippen LogP contribution in [0.4, 0.5) is 0 Å². The van der Waals surface area contributed by atoms with Crippen LogP contribution in [-0.2, 0) is 17.3 Å². The van der Waals surface area contributed by atoms with Crippen molar-refractivity contribution in [2.75, 3.05) is 12.8 Å². The number of hydrogen-bond donors (Lipinski definition) is 1. The maximum Gasteiger partial charge on any atom is 0.134 e. The van der Waals surface area contributed by atoms with E-state index in [0.717, 1.165) is 30.5 Å². The lowest BCUT2D eigenvalue weighted by atomic mass is 10.2. The Bertz CT molecular complexity index is 535. The molecule has 2 atom stereocenters. The molecular formula is C14H19NO2S. The van der Waals surface area contributed by atoms with Gasteiger partial charge in [0, 0.05) is 39.8 Å². The Labute approximate surface area is 110 Å². The van der Waals surface area contributed by atoms with Gasteiger partial charge in [-0.25, -0.2) is 0 Å². The van der Waals surface area contributed by atoms with Gasteiger partial charge in [0.15, 0.2) is 0 Å². The zero-order chi connectivity index (χ0) is 13.0. The van der Waals surface area contributed by atoms with Crippen molar-refractivity contribution in [3.8, 4) is 0 Å². The number of nitrogens with one attached hydrogen (secondary N) is 1. The molecule has 0 amide bonds. The van der Waals surface area contributed by atoms with Crippen LogP contribution in [0.15, 0.2) is 34.9 Å². The van der Waals surface area contributed by atoms with Gasteiger partial charge in [-0.15, -0.1) is 0 Å². The average molecular weight is 265 g/mol. The van der Waals surface area contributed by atoms with Crippen LogP contribution >= 0.6 is 0 Å². The first-order valence-corrected chi connectivity index (χ1v) is 7.78. The molecule has 18 heavy (non-hydrogen) atoms. The van der Waals surface area contributed by atoms with Crippen LogP contribution in [0.1, 0.15) is 18.9 Å². The molecule has 1 aromatic carbocycles. The van der Waals surface area contributed by atoms with Gasteiger partial charge in [-0.1, -0.05) is 25.1 Å². The highest BCUT2D eigenvalue weighted by Gasteiger charge is 2.07. The van der Waals surface area contributed by atoms with E-state index in [1.807, 2.05) is 25.1 Å². The normalized spacial score (nSPS) is 14.8. The third-order valence-corrected chi connectivity index (χ3v) is 4.54. The SMILES string of the molecule is CC(CCNCc1coc2ccccc12)S(C)=O. The van der Waals surface area contributed by atoms with Crippen molar-refractivity contribution in [3.63, 3.8) is 0 Å². The summed E-state index contributed by atoms with van der Waals surface area (Å²) in [7, 11) is -0.731. The van der Waals surface area contributed by atoms with E-state index in [1.165, 1.54) is 5.56 Å². The van der Waals surface area contributed by atoms with Crippen LogP contribution in [-0.4, -0.2) is 22.3 Å². The molecule has 4 heteroatoms. The molecule has 1 N–H and O–H groups in total. The van der Waals surface area contributed by atoms with Gasteiger partial charge in [-0.3, -0.25) is 4.21 Å². The van der Waals surface area contributed by atoms with E-state index in [4.69, 9.17) is 4.42 Å². The van der Waals surface area contributed by atoms with Crippen LogP contribution in [0.5, 0.6) is 0 Å². The average Bonchev–Trinajstić information content (AvgIpc) is 2.77. The predicted octanol–water partition coefficient (Wildman–Crippen LogP) is 2.68. The highest BCUT2D eigenvalue weighted by molar-refractivity contribution is 7.84. The lowest BCUT2D eigenvalue weighted by Gasteiger charge is -2.08. The van der Waals surface area contributed by atoms with Crippen LogP contribution in [0.3, 0.4) is 0 Å². The van der Waals surface area contributed by atoms with Crippen LogP contribution in [0.25, 0.3) is 11.0 Å². The van der Waals surface area contributed by atoms with Gasteiger partial charge in [-0.05, 0) is 19.0 Å². The van der Waals surface area contributed by atoms with Crippen LogP contribution < -0.4 is 5.32 Å². The molecule has 2 aromatic rings. The highest BCUT2D eigenvalue weighted by Crippen LogP contribution is 2.20. The molecule has 0 radical (unpaired) electrons. The molecule has 2 rings (SSSR count). The first-order chi connectivity index (χ1) is 8.68. The van der Waals surface area contributed by atoms with E-state index < -0.39 is 10.8 Å². The second kappa shape index (κ2) is 6.16. The number of furan rings is 1. The van der Waals surface area contributed by atoms with E-state index in [9.17, 15) is 4.21 Å².